The average Bonchev–Trinajstić information content (AvgIpc) is 2.92. The number of nitrogens with one attached hydrogen (secondary N) is 1. The molecule has 1 unspecified atom stereocenters. The molecule has 4 heteroatoms. The summed E-state index contributed by atoms with van der Waals surface area (Å²) in [5, 5.41) is 7.69. The van der Waals surface area contributed by atoms with Crippen LogP contribution in [0.4, 0.5) is 5.69 Å². The summed E-state index contributed by atoms with van der Waals surface area (Å²) in [7, 11) is 0. The minimum absolute atomic E-state index is 0.517. The third-order valence-corrected chi connectivity index (χ3v) is 3.49. The first kappa shape index (κ1) is 12.1. The number of benzene rings is 1. The van der Waals surface area contributed by atoms with Gasteiger partial charge in [-0.15, -0.1) is 0 Å². The van der Waals surface area contributed by atoms with Crippen molar-refractivity contribution >= 4 is 5.69 Å². The van der Waals surface area contributed by atoms with Crippen LogP contribution in [0.15, 0.2) is 36.7 Å². The lowest BCUT2D eigenvalue weighted by atomic mass is 9.98. The van der Waals surface area contributed by atoms with Gasteiger partial charge in [-0.25, -0.2) is 0 Å². The molecule has 0 saturated heterocycles. The Morgan fingerprint density at radius 1 is 1.42 bits per heavy atom. The molecule has 0 spiro atoms. The number of anilines is 1. The topological polar surface area (TPSA) is 39.1 Å². The first-order chi connectivity index (χ1) is 9.33. The summed E-state index contributed by atoms with van der Waals surface area (Å²) < 4.78 is 7.78. The van der Waals surface area contributed by atoms with Crippen LogP contribution in [0.1, 0.15) is 18.9 Å². The number of fused-ring (bicyclic) bond motifs is 1. The molecule has 0 fully saturated rings. The predicted octanol–water partition coefficient (Wildman–Crippen LogP) is 2.71. The first-order valence-corrected chi connectivity index (χ1v) is 6.81. The number of ether oxygens (including phenoxy) is 1. The van der Waals surface area contributed by atoms with Crippen molar-refractivity contribution in [3.8, 4) is 5.75 Å². The second-order valence-electron chi connectivity index (χ2n) is 4.99. The molecule has 100 valence electrons. The van der Waals surface area contributed by atoms with E-state index >= 15 is 0 Å². The molecule has 1 aliphatic heterocycles. The van der Waals surface area contributed by atoms with Crippen LogP contribution < -0.4 is 10.1 Å². The van der Waals surface area contributed by atoms with E-state index in [-0.39, 0.29) is 0 Å². The highest BCUT2D eigenvalue weighted by Gasteiger charge is 2.17. The fourth-order valence-corrected chi connectivity index (χ4v) is 2.44. The molecule has 1 N–H and O–H groups in total. The first-order valence-electron chi connectivity index (χ1n) is 6.81. The predicted molar refractivity (Wildman–Crippen MR) is 75.6 cm³/mol. The quantitative estimate of drug-likeness (QED) is 0.915. The van der Waals surface area contributed by atoms with E-state index in [2.05, 4.69) is 29.5 Å². The molecular formula is C15H19N3O. The highest BCUT2D eigenvalue weighted by Crippen LogP contribution is 2.33. The smallest absolute Gasteiger partial charge is 0.142 e. The summed E-state index contributed by atoms with van der Waals surface area (Å²) >= 11 is 0. The molecule has 0 amide bonds. The molecule has 3 rings (SSSR count). The molecule has 2 aromatic rings. The zero-order chi connectivity index (χ0) is 13.1. The van der Waals surface area contributed by atoms with Gasteiger partial charge in [-0.2, -0.15) is 5.10 Å². The van der Waals surface area contributed by atoms with E-state index in [0.29, 0.717) is 12.6 Å². The van der Waals surface area contributed by atoms with Crippen LogP contribution in [0.25, 0.3) is 0 Å². The van der Waals surface area contributed by atoms with Gasteiger partial charge < -0.3 is 10.1 Å². The second kappa shape index (κ2) is 5.34. The van der Waals surface area contributed by atoms with E-state index in [4.69, 9.17) is 4.74 Å². The molecule has 0 bridgehead atoms. The van der Waals surface area contributed by atoms with Gasteiger partial charge in [0.15, 0.2) is 0 Å². The summed E-state index contributed by atoms with van der Waals surface area (Å²) in [5.74, 6) is 0.955. The normalized spacial score (nSPS) is 17.6. The Morgan fingerprint density at radius 3 is 3.21 bits per heavy atom. The Bertz CT molecular complexity index is 536. The van der Waals surface area contributed by atoms with E-state index in [0.717, 1.165) is 18.7 Å². The van der Waals surface area contributed by atoms with Crippen molar-refractivity contribution in [2.24, 2.45) is 0 Å². The zero-order valence-corrected chi connectivity index (χ0v) is 11.2. The molecule has 1 aromatic carbocycles. The molecule has 19 heavy (non-hydrogen) atoms. The van der Waals surface area contributed by atoms with Gasteiger partial charge in [-0.3, -0.25) is 4.68 Å². The van der Waals surface area contributed by atoms with Gasteiger partial charge in [0.05, 0.1) is 12.2 Å². The Labute approximate surface area is 113 Å². The minimum atomic E-state index is 0.517. The largest absolute Gasteiger partial charge is 0.489 e. The molecule has 1 atom stereocenters. The van der Waals surface area contributed by atoms with Crippen molar-refractivity contribution in [1.82, 2.24) is 9.78 Å². The van der Waals surface area contributed by atoms with Gasteiger partial charge in [0.25, 0.3) is 0 Å². The van der Waals surface area contributed by atoms with Crippen LogP contribution in [0.3, 0.4) is 0 Å². The molecule has 0 aliphatic carbocycles. The van der Waals surface area contributed by atoms with Crippen molar-refractivity contribution in [3.63, 3.8) is 0 Å². The number of nitrogens with zero attached hydrogens (tertiary/aromatic N) is 2. The van der Waals surface area contributed by atoms with Crippen molar-refractivity contribution < 1.29 is 4.74 Å². The number of para-hydroxylation sites is 1. The lowest BCUT2D eigenvalue weighted by Crippen LogP contribution is -2.22. The second-order valence-corrected chi connectivity index (χ2v) is 4.99. The van der Waals surface area contributed by atoms with Gasteiger partial charge >= 0.3 is 0 Å². The zero-order valence-electron chi connectivity index (χ0n) is 11.2. The lowest BCUT2D eigenvalue weighted by molar-refractivity contribution is 0.292. The molecule has 1 aliphatic rings. The standard InChI is InChI=1S/C15H19N3O/c1-12-6-7-13-4-2-5-14(15(13)17-12)19-11-10-18-9-3-8-16-18/h2-5,8-9,12,17H,6-7,10-11H2,1H3. The minimum Gasteiger partial charge on any atom is -0.489 e. The van der Waals surface area contributed by atoms with Crippen molar-refractivity contribution in [2.45, 2.75) is 32.4 Å². The molecule has 1 aromatic heterocycles. The van der Waals surface area contributed by atoms with Crippen molar-refractivity contribution in [3.05, 3.63) is 42.2 Å². The summed E-state index contributed by atoms with van der Waals surface area (Å²) in [6.07, 6.45) is 6.04. The summed E-state index contributed by atoms with van der Waals surface area (Å²) in [6.45, 7) is 3.61. The van der Waals surface area contributed by atoms with Gasteiger partial charge in [0.2, 0.25) is 0 Å². The highest BCUT2D eigenvalue weighted by atomic mass is 16.5. The number of hydrogen-bond acceptors (Lipinski definition) is 3. The third-order valence-electron chi connectivity index (χ3n) is 3.49. The Balaban J connectivity index is 1.67. The Hall–Kier alpha value is -1.97. The fourth-order valence-electron chi connectivity index (χ4n) is 2.44. The highest BCUT2D eigenvalue weighted by molar-refractivity contribution is 5.63. The average molecular weight is 257 g/mol. The number of aryl methyl sites for hydroxylation is 1. The fraction of sp³-hybridized carbons (Fsp3) is 0.400. The van der Waals surface area contributed by atoms with E-state index in [9.17, 15) is 0 Å². The maximum atomic E-state index is 5.90. The summed E-state index contributed by atoms with van der Waals surface area (Å²) in [5.41, 5.74) is 2.52. The van der Waals surface area contributed by atoms with Crippen LogP contribution in [0.5, 0.6) is 5.75 Å². The molecule has 0 radical (unpaired) electrons. The SMILES string of the molecule is CC1CCc2cccc(OCCn3cccn3)c2N1. The molecule has 0 saturated carbocycles. The Kier molecular flexibility index (Phi) is 3.40. The van der Waals surface area contributed by atoms with Gasteiger partial charge in [-0.05, 0) is 37.5 Å². The maximum absolute atomic E-state index is 5.90. The molecule has 2 heterocycles. The molecular weight excluding hydrogens is 238 g/mol. The van der Waals surface area contributed by atoms with Crippen molar-refractivity contribution in [1.29, 1.82) is 0 Å². The van der Waals surface area contributed by atoms with Crippen LogP contribution >= 0.6 is 0 Å². The van der Waals surface area contributed by atoms with Crippen LogP contribution in [-0.2, 0) is 13.0 Å². The van der Waals surface area contributed by atoms with Gasteiger partial charge in [0.1, 0.15) is 12.4 Å². The summed E-state index contributed by atoms with van der Waals surface area (Å²) in [6, 6.07) is 8.72. The number of rotatable bonds is 4. The van der Waals surface area contributed by atoms with Crippen LogP contribution in [0, 0.1) is 0 Å². The van der Waals surface area contributed by atoms with E-state index in [1.807, 2.05) is 23.0 Å². The number of hydrogen-bond donors (Lipinski definition) is 1. The van der Waals surface area contributed by atoms with Crippen molar-refractivity contribution in [2.75, 3.05) is 11.9 Å². The van der Waals surface area contributed by atoms with E-state index in [1.54, 1.807) is 6.20 Å². The lowest BCUT2D eigenvalue weighted by Gasteiger charge is -2.26. The number of aromatic nitrogens is 2. The van der Waals surface area contributed by atoms with Gasteiger partial charge in [0, 0.05) is 18.4 Å². The monoisotopic (exact) mass is 257 g/mol. The third kappa shape index (κ3) is 2.72. The van der Waals surface area contributed by atoms with Crippen LogP contribution in [-0.4, -0.2) is 22.4 Å². The van der Waals surface area contributed by atoms with Crippen LogP contribution in [0.2, 0.25) is 0 Å². The van der Waals surface area contributed by atoms with Gasteiger partial charge in [-0.1, -0.05) is 12.1 Å². The Morgan fingerprint density at radius 2 is 2.37 bits per heavy atom. The summed E-state index contributed by atoms with van der Waals surface area (Å²) in [4.78, 5) is 0. The van der Waals surface area contributed by atoms with E-state index < -0.39 is 0 Å². The van der Waals surface area contributed by atoms with E-state index in [1.165, 1.54) is 17.7 Å². The molecule has 4 nitrogen and oxygen atoms in total. The maximum Gasteiger partial charge on any atom is 0.142 e.